The molecule has 112 valence electrons. The van der Waals surface area contributed by atoms with Crippen LogP contribution in [-0.2, 0) is 19.1 Å². The predicted molar refractivity (Wildman–Crippen MR) is 70.9 cm³/mol. The molecule has 2 aliphatic heterocycles. The van der Waals surface area contributed by atoms with Crippen LogP contribution in [0, 0.1) is 5.92 Å². The lowest BCUT2D eigenvalue weighted by Crippen LogP contribution is -2.29. The largest absolute Gasteiger partial charge is 0.454 e. The minimum atomic E-state index is -1.11. The van der Waals surface area contributed by atoms with Gasteiger partial charge in [0.05, 0.1) is 23.7 Å². The number of aliphatic hydroxyl groups excluding tert-OH is 2. The van der Waals surface area contributed by atoms with Crippen molar-refractivity contribution in [2.45, 2.75) is 37.8 Å². The van der Waals surface area contributed by atoms with Gasteiger partial charge in [0.2, 0.25) is 0 Å². The molecule has 5 unspecified atom stereocenters. The van der Waals surface area contributed by atoms with Crippen molar-refractivity contribution in [3.8, 4) is 0 Å². The zero-order chi connectivity index (χ0) is 15.3. The highest BCUT2D eigenvalue weighted by Gasteiger charge is 2.47. The molecule has 0 aromatic heterocycles. The molecule has 6 nitrogen and oxygen atoms in total. The molecule has 5 atom stereocenters. The van der Waals surface area contributed by atoms with Gasteiger partial charge < -0.3 is 19.7 Å². The number of fused-ring (bicyclic) bond motifs is 3. The lowest BCUT2D eigenvalue weighted by atomic mass is 9.87. The van der Waals surface area contributed by atoms with E-state index < -0.39 is 42.3 Å². The Kier molecular flexibility index (Phi) is 3.22. The van der Waals surface area contributed by atoms with Crippen LogP contribution in [0.4, 0.5) is 0 Å². The molecule has 2 N–H and O–H groups in total. The average molecular weight is 292 g/mol. The molecule has 0 aromatic carbocycles. The van der Waals surface area contributed by atoms with E-state index in [0.29, 0.717) is 5.57 Å². The summed E-state index contributed by atoms with van der Waals surface area (Å²) in [6.45, 7) is 5.39. The summed E-state index contributed by atoms with van der Waals surface area (Å²) in [5.74, 6) is -1.71. The molecule has 2 bridgehead atoms. The monoisotopic (exact) mass is 292 g/mol. The molecule has 1 saturated heterocycles. The van der Waals surface area contributed by atoms with Crippen molar-refractivity contribution in [1.29, 1.82) is 0 Å². The molecule has 3 aliphatic rings. The van der Waals surface area contributed by atoms with Gasteiger partial charge >= 0.3 is 11.9 Å². The van der Waals surface area contributed by atoms with Crippen LogP contribution in [-0.4, -0.2) is 46.6 Å². The van der Waals surface area contributed by atoms with Gasteiger partial charge in [-0.25, -0.2) is 9.59 Å². The first-order valence-electron chi connectivity index (χ1n) is 6.75. The molecular weight excluding hydrogens is 276 g/mol. The Labute approximate surface area is 121 Å². The Morgan fingerprint density at radius 3 is 2.43 bits per heavy atom. The van der Waals surface area contributed by atoms with Crippen LogP contribution >= 0.6 is 0 Å². The van der Waals surface area contributed by atoms with Gasteiger partial charge in [-0.3, -0.25) is 0 Å². The van der Waals surface area contributed by atoms with Crippen LogP contribution < -0.4 is 0 Å². The first-order valence-corrected chi connectivity index (χ1v) is 6.75. The van der Waals surface area contributed by atoms with Gasteiger partial charge in [-0.15, -0.1) is 0 Å². The smallest absolute Gasteiger partial charge is 0.337 e. The first kappa shape index (κ1) is 14.0. The summed E-state index contributed by atoms with van der Waals surface area (Å²) in [6, 6.07) is 0. The maximum atomic E-state index is 11.9. The third-order valence-corrected chi connectivity index (χ3v) is 4.20. The fourth-order valence-corrected chi connectivity index (χ4v) is 2.92. The van der Waals surface area contributed by atoms with E-state index in [0.717, 1.165) is 0 Å². The van der Waals surface area contributed by atoms with E-state index in [4.69, 9.17) is 9.47 Å². The number of ether oxygens (including phenoxy) is 2. The van der Waals surface area contributed by atoms with Gasteiger partial charge in [-0.05, 0) is 24.6 Å². The minimum absolute atomic E-state index is 0.0116. The van der Waals surface area contributed by atoms with Crippen molar-refractivity contribution in [2.24, 2.45) is 5.92 Å². The number of rotatable bonds is 0. The molecule has 21 heavy (non-hydrogen) atoms. The van der Waals surface area contributed by atoms with E-state index in [1.807, 2.05) is 0 Å². The highest BCUT2D eigenvalue weighted by molar-refractivity contribution is 5.94. The second-order valence-corrected chi connectivity index (χ2v) is 5.59. The molecule has 1 fully saturated rings. The molecule has 0 aromatic rings. The van der Waals surface area contributed by atoms with Crippen LogP contribution in [0.5, 0.6) is 0 Å². The first-order chi connectivity index (χ1) is 9.88. The van der Waals surface area contributed by atoms with Gasteiger partial charge in [0.15, 0.2) is 0 Å². The van der Waals surface area contributed by atoms with Gasteiger partial charge in [-0.2, -0.15) is 0 Å². The summed E-state index contributed by atoms with van der Waals surface area (Å²) < 4.78 is 10.5. The van der Waals surface area contributed by atoms with Gasteiger partial charge in [0, 0.05) is 12.0 Å². The van der Waals surface area contributed by atoms with E-state index in [9.17, 15) is 19.8 Å². The van der Waals surface area contributed by atoms with Gasteiger partial charge in [-0.1, -0.05) is 6.58 Å². The van der Waals surface area contributed by atoms with Crippen molar-refractivity contribution in [1.82, 2.24) is 0 Å². The van der Waals surface area contributed by atoms with Crippen LogP contribution in [0.25, 0.3) is 0 Å². The number of hydrogen-bond donors (Lipinski definition) is 2. The number of aliphatic hydroxyl groups is 2. The third kappa shape index (κ3) is 2.20. The quantitative estimate of drug-likeness (QED) is 0.371. The summed E-state index contributed by atoms with van der Waals surface area (Å²) in [5, 5.41) is 20.1. The summed E-state index contributed by atoms with van der Waals surface area (Å²) >= 11 is 0. The lowest BCUT2D eigenvalue weighted by Gasteiger charge is -2.22. The molecule has 1 aliphatic carbocycles. The number of carbonyl (C=O) groups excluding carboxylic acids is 2. The van der Waals surface area contributed by atoms with Crippen molar-refractivity contribution in [3.05, 3.63) is 35.5 Å². The molecule has 0 saturated carbocycles. The topological polar surface area (TPSA) is 93.1 Å². The fraction of sp³-hybridized carbons (Fsp3) is 0.467. The highest BCUT2D eigenvalue weighted by atomic mass is 16.6. The predicted octanol–water partition coefficient (Wildman–Crippen LogP) is 0.00780. The van der Waals surface area contributed by atoms with Crippen LogP contribution in [0.3, 0.4) is 0 Å². The lowest BCUT2D eigenvalue weighted by molar-refractivity contribution is -0.142. The van der Waals surface area contributed by atoms with E-state index in [-0.39, 0.29) is 17.6 Å². The summed E-state index contributed by atoms with van der Waals surface area (Å²) in [6.07, 6.45) is -0.249. The molecule has 0 spiro atoms. The van der Waals surface area contributed by atoms with Crippen LogP contribution in [0.15, 0.2) is 35.5 Å². The van der Waals surface area contributed by atoms with Crippen molar-refractivity contribution in [3.63, 3.8) is 0 Å². The number of esters is 2. The Morgan fingerprint density at radius 2 is 1.71 bits per heavy atom. The molecule has 2 heterocycles. The zero-order valence-corrected chi connectivity index (χ0v) is 11.5. The van der Waals surface area contributed by atoms with Crippen molar-refractivity contribution < 1.29 is 29.3 Å². The Balaban J connectivity index is 2.06. The maximum absolute atomic E-state index is 11.9. The van der Waals surface area contributed by atoms with Gasteiger partial charge in [0.1, 0.15) is 12.2 Å². The van der Waals surface area contributed by atoms with Crippen LogP contribution in [0.1, 0.15) is 13.3 Å². The van der Waals surface area contributed by atoms with E-state index >= 15 is 0 Å². The number of hydrogen-bond acceptors (Lipinski definition) is 6. The van der Waals surface area contributed by atoms with E-state index in [1.54, 1.807) is 13.0 Å². The van der Waals surface area contributed by atoms with E-state index in [2.05, 4.69) is 6.58 Å². The maximum Gasteiger partial charge on any atom is 0.337 e. The van der Waals surface area contributed by atoms with E-state index in [1.165, 1.54) is 6.08 Å². The second-order valence-electron chi connectivity index (χ2n) is 5.59. The second kappa shape index (κ2) is 4.82. The molecular formula is C15H16O6. The highest BCUT2D eigenvalue weighted by Crippen LogP contribution is 2.37. The van der Waals surface area contributed by atoms with Crippen molar-refractivity contribution >= 4 is 11.9 Å². The summed E-state index contributed by atoms with van der Waals surface area (Å²) in [5.41, 5.74) is 0.907. The molecule has 0 amide bonds. The fourth-order valence-electron chi connectivity index (χ4n) is 2.92. The standard InChI is InChI=1S/C15H16O6/c1-6-3-11-13(7(2)14(18)20-11)12-4-8(15(19)21-12)10(17)5-9(6)16/h3-4,9-13,16-17H,2,5H2,1H3. The minimum Gasteiger partial charge on any atom is -0.454 e. The Bertz CT molecular complexity index is 587. The summed E-state index contributed by atoms with van der Waals surface area (Å²) in [4.78, 5) is 23.6. The molecule has 6 heteroatoms. The average Bonchev–Trinajstić information content (AvgIpc) is 2.90. The Hall–Kier alpha value is -1.92. The van der Waals surface area contributed by atoms with Crippen LogP contribution in [0.2, 0.25) is 0 Å². The summed E-state index contributed by atoms with van der Waals surface area (Å²) in [7, 11) is 0. The molecule has 0 radical (unpaired) electrons. The third-order valence-electron chi connectivity index (χ3n) is 4.20. The number of carbonyl (C=O) groups is 2. The molecule has 3 rings (SSSR count). The SMILES string of the molecule is C=C1C(=O)OC2C=C(C)C(O)CC(O)C3=CC(OC3=O)C12. The van der Waals surface area contributed by atoms with Crippen molar-refractivity contribution in [2.75, 3.05) is 0 Å². The normalized spacial score (nSPS) is 39.2. The Morgan fingerprint density at radius 1 is 1.10 bits per heavy atom. The van der Waals surface area contributed by atoms with Gasteiger partial charge in [0.25, 0.3) is 0 Å². The zero-order valence-electron chi connectivity index (χ0n) is 11.5.